The van der Waals surface area contributed by atoms with Crippen molar-refractivity contribution in [3.63, 3.8) is 0 Å². The van der Waals surface area contributed by atoms with Gasteiger partial charge in [-0.2, -0.15) is 11.3 Å². The highest BCUT2D eigenvalue weighted by atomic mass is 32.1. The van der Waals surface area contributed by atoms with Gasteiger partial charge in [0.2, 0.25) is 0 Å². The number of amides is 2. The van der Waals surface area contributed by atoms with Gasteiger partial charge in [0.15, 0.2) is 0 Å². The lowest BCUT2D eigenvalue weighted by atomic mass is 9.97. The summed E-state index contributed by atoms with van der Waals surface area (Å²) in [5.41, 5.74) is 1.92. The van der Waals surface area contributed by atoms with Gasteiger partial charge < -0.3 is 10.1 Å². The summed E-state index contributed by atoms with van der Waals surface area (Å²) in [5.74, 6) is -0.437. The molecule has 0 saturated carbocycles. The quantitative estimate of drug-likeness (QED) is 0.685. The molecule has 1 atom stereocenters. The Kier molecular flexibility index (Phi) is 4.24. The Hall–Kier alpha value is -2.08. The minimum absolute atomic E-state index is 0.244. The molecule has 2 rings (SSSR count). The number of carbonyl (C=O) groups excluding carboxylic acids is 2. The molecule has 106 valence electrons. The first kappa shape index (κ1) is 14.3. The van der Waals surface area contributed by atoms with Crippen LogP contribution in [0.1, 0.15) is 18.5 Å². The van der Waals surface area contributed by atoms with E-state index in [4.69, 9.17) is 4.74 Å². The SMILES string of the molecule is C=CCN1C(=O)N[C@@H](c2ccsc2)C(C(=O)OC)=C1C. The van der Waals surface area contributed by atoms with E-state index < -0.39 is 12.0 Å². The molecule has 1 N–H and O–H groups in total. The molecule has 0 unspecified atom stereocenters. The van der Waals surface area contributed by atoms with Crippen LogP contribution in [0.15, 0.2) is 40.8 Å². The van der Waals surface area contributed by atoms with Gasteiger partial charge in [-0.3, -0.25) is 4.90 Å². The van der Waals surface area contributed by atoms with Gasteiger partial charge in [0.1, 0.15) is 0 Å². The summed E-state index contributed by atoms with van der Waals surface area (Å²) < 4.78 is 4.85. The Labute approximate surface area is 121 Å². The summed E-state index contributed by atoms with van der Waals surface area (Å²) in [6.07, 6.45) is 1.61. The predicted molar refractivity (Wildman–Crippen MR) is 77.2 cm³/mol. The van der Waals surface area contributed by atoms with E-state index in [1.54, 1.807) is 13.0 Å². The number of hydrogen-bond acceptors (Lipinski definition) is 4. The average molecular weight is 292 g/mol. The predicted octanol–water partition coefficient (Wildman–Crippen LogP) is 2.45. The van der Waals surface area contributed by atoms with Crippen molar-refractivity contribution < 1.29 is 14.3 Å². The zero-order valence-electron chi connectivity index (χ0n) is 11.4. The van der Waals surface area contributed by atoms with E-state index in [1.165, 1.54) is 23.3 Å². The monoisotopic (exact) mass is 292 g/mol. The minimum atomic E-state index is -0.470. The minimum Gasteiger partial charge on any atom is -0.466 e. The number of allylic oxidation sites excluding steroid dienone is 1. The second kappa shape index (κ2) is 5.92. The van der Waals surface area contributed by atoms with E-state index >= 15 is 0 Å². The molecule has 1 aliphatic heterocycles. The second-order valence-electron chi connectivity index (χ2n) is 4.33. The molecule has 1 aromatic heterocycles. The van der Waals surface area contributed by atoms with Gasteiger partial charge in [0, 0.05) is 12.2 Å². The number of rotatable bonds is 4. The zero-order valence-corrected chi connectivity index (χ0v) is 12.2. The summed E-state index contributed by atoms with van der Waals surface area (Å²) in [5, 5.41) is 6.65. The lowest BCUT2D eigenvalue weighted by Crippen LogP contribution is -2.47. The zero-order chi connectivity index (χ0) is 14.7. The van der Waals surface area contributed by atoms with Gasteiger partial charge in [-0.25, -0.2) is 9.59 Å². The molecule has 2 heterocycles. The summed E-state index contributed by atoms with van der Waals surface area (Å²) in [6, 6.07) is 1.17. The summed E-state index contributed by atoms with van der Waals surface area (Å²) >= 11 is 1.51. The van der Waals surface area contributed by atoms with Gasteiger partial charge in [-0.05, 0) is 29.3 Å². The van der Waals surface area contributed by atoms with Crippen molar-refractivity contribution in [2.75, 3.05) is 13.7 Å². The van der Waals surface area contributed by atoms with Crippen LogP contribution in [0.25, 0.3) is 0 Å². The smallest absolute Gasteiger partial charge is 0.337 e. The number of nitrogens with one attached hydrogen (secondary N) is 1. The number of urea groups is 1. The fraction of sp³-hybridized carbons (Fsp3) is 0.286. The molecule has 5 nitrogen and oxygen atoms in total. The van der Waals surface area contributed by atoms with E-state index in [0.29, 0.717) is 17.8 Å². The highest BCUT2D eigenvalue weighted by Gasteiger charge is 2.35. The van der Waals surface area contributed by atoms with Crippen molar-refractivity contribution in [3.8, 4) is 0 Å². The maximum Gasteiger partial charge on any atom is 0.337 e. The van der Waals surface area contributed by atoms with Crippen molar-refractivity contribution in [3.05, 3.63) is 46.3 Å². The van der Waals surface area contributed by atoms with Crippen LogP contribution in [0.5, 0.6) is 0 Å². The van der Waals surface area contributed by atoms with Gasteiger partial charge in [-0.15, -0.1) is 6.58 Å². The number of ether oxygens (including phenoxy) is 1. The third-order valence-electron chi connectivity index (χ3n) is 3.19. The van der Waals surface area contributed by atoms with Crippen LogP contribution in [0.4, 0.5) is 4.79 Å². The fourth-order valence-electron chi connectivity index (χ4n) is 2.19. The van der Waals surface area contributed by atoms with Crippen molar-refractivity contribution in [1.29, 1.82) is 0 Å². The Balaban J connectivity index is 2.50. The standard InChI is InChI=1S/C14H16N2O3S/c1-4-6-16-9(2)11(13(17)19-3)12(15-14(16)18)10-5-7-20-8-10/h4-5,7-8,12H,1,6H2,2-3H3,(H,15,18)/t12-/m0/s1. The molecule has 1 aromatic rings. The molecule has 20 heavy (non-hydrogen) atoms. The number of nitrogens with zero attached hydrogens (tertiary/aromatic N) is 1. The van der Waals surface area contributed by atoms with Gasteiger partial charge >= 0.3 is 12.0 Å². The van der Waals surface area contributed by atoms with Crippen molar-refractivity contribution >= 4 is 23.3 Å². The number of thiophene rings is 1. The van der Waals surface area contributed by atoms with Crippen LogP contribution in [0.2, 0.25) is 0 Å². The first-order chi connectivity index (χ1) is 9.60. The topological polar surface area (TPSA) is 58.6 Å². The van der Waals surface area contributed by atoms with E-state index in [2.05, 4.69) is 11.9 Å². The first-order valence-electron chi connectivity index (χ1n) is 6.10. The van der Waals surface area contributed by atoms with Gasteiger partial charge in [0.25, 0.3) is 0 Å². The Morgan fingerprint density at radius 2 is 2.40 bits per heavy atom. The highest BCUT2D eigenvalue weighted by Crippen LogP contribution is 2.32. The molecular formula is C14H16N2O3S. The van der Waals surface area contributed by atoms with Crippen LogP contribution in [-0.4, -0.2) is 30.6 Å². The fourth-order valence-corrected chi connectivity index (χ4v) is 2.88. The number of esters is 1. The van der Waals surface area contributed by atoms with Gasteiger partial charge in [-0.1, -0.05) is 6.08 Å². The molecule has 6 heteroatoms. The highest BCUT2D eigenvalue weighted by molar-refractivity contribution is 7.08. The summed E-state index contributed by atoms with van der Waals surface area (Å²) in [7, 11) is 1.33. The van der Waals surface area contributed by atoms with Crippen molar-refractivity contribution in [2.45, 2.75) is 13.0 Å². The Bertz CT molecular complexity index is 563. The summed E-state index contributed by atoms with van der Waals surface area (Å²) in [4.78, 5) is 25.7. The normalized spacial score (nSPS) is 18.8. The Morgan fingerprint density at radius 1 is 1.65 bits per heavy atom. The average Bonchev–Trinajstić information content (AvgIpc) is 2.96. The molecule has 0 radical (unpaired) electrons. The molecule has 0 aromatic carbocycles. The molecule has 1 aliphatic rings. The first-order valence-corrected chi connectivity index (χ1v) is 7.04. The van der Waals surface area contributed by atoms with Crippen molar-refractivity contribution in [1.82, 2.24) is 10.2 Å². The Morgan fingerprint density at radius 3 is 2.95 bits per heavy atom. The molecule has 0 aliphatic carbocycles. The third kappa shape index (κ3) is 2.46. The van der Waals surface area contributed by atoms with E-state index in [1.807, 2.05) is 16.8 Å². The lowest BCUT2D eigenvalue weighted by Gasteiger charge is -2.34. The largest absolute Gasteiger partial charge is 0.466 e. The van der Waals surface area contributed by atoms with Crippen LogP contribution in [-0.2, 0) is 9.53 Å². The molecule has 0 spiro atoms. The van der Waals surface area contributed by atoms with Crippen LogP contribution < -0.4 is 5.32 Å². The number of methoxy groups -OCH3 is 1. The third-order valence-corrected chi connectivity index (χ3v) is 3.89. The number of carbonyl (C=O) groups is 2. The maximum absolute atomic E-state index is 12.1. The van der Waals surface area contributed by atoms with Gasteiger partial charge in [0.05, 0.1) is 18.7 Å². The van der Waals surface area contributed by atoms with E-state index in [9.17, 15) is 9.59 Å². The number of hydrogen-bond donors (Lipinski definition) is 1. The lowest BCUT2D eigenvalue weighted by molar-refractivity contribution is -0.136. The van der Waals surface area contributed by atoms with Crippen LogP contribution in [0, 0.1) is 0 Å². The van der Waals surface area contributed by atoms with Crippen LogP contribution in [0.3, 0.4) is 0 Å². The second-order valence-corrected chi connectivity index (χ2v) is 5.11. The maximum atomic E-state index is 12.1. The molecular weight excluding hydrogens is 276 g/mol. The van der Waals surface area contributed by atoms with E-state index in [0.717, 1.165) is 5.56 Å². The summed E-state index contributed by atoms with van der Waals surface area (Å²) in [6.45, 7) is 5.71. The molecule has 0 fully saturated rings. The molecule has 0 bridgehead atoms. The van der Waals surface area contributed by atoms with Crippen molar-refractivity contribution in [2.24, 2.45) is 0 Å². The molecule has 2 amide bonds. The van der Waals surface area contributed by atoms with Crippen LogP contribution >= 0.6 is 11.3 Å². The molecule has 0 saturated heterocycles. The van der Waals surface area contributed by atoms with E-state index in [-0.39, 0.29) is 6.03 Å².